The molecule has 0 aliphatic rings. The standard InChI is InChI=1S/C20H22ClN3O3S/c1-23(2)11-12-24(17(25)13-27-14-7-5-4-6-8-14)20-22-18-16(26-3)10-9-15(21)19(18)28-20/h4-10H,11-13H2,1-3H3/p+1. The Bertz CT molecular complexity index is 947. The van der Waals surface area contributed by atoms with Crippen molar-refractivity contribution in [3.63, 3.8) is 0 Å². The van der Waals surface area contributed by atoms with E-state index in [0.717, 1.165) is 11.2 Å². The number of carbonyl (C=O) groups excluding carboxylic acids is 1. The molecule has 8 heteroatoms. The predicted molar refractivity (Wildman–Crippen MR) is 113 cm³/mol. The van der Waals surface area contributed by atoms with Crippen molar-refractivity contribution in [1.82, 2.24) is 4.98 Å². The molecule has 0 atom stereocenters. The number of hydrogen-bond donors (Lipinski definition) is 1. The lowest BCUT2D eigenvalue weighted by Crippen LogP contribution is -3.06. The van der Waals surface area contributed by atoms with Crippen molar-refractivity contribution in [1.29, 1.82) is 0 Å². The number of nitrogens with zero attached hydrogens (tertiary/aromatic N) is 2. The van der Waals surface area contributed by atoms with Gasteiger partial charge in [-0.05, 0) is 24.3 Å². The number of benzene rings is 2. The minimum absolute atomic E-state index is 0.0619. The van der Waals surface area contributed by atoms with Gasteiger partial charge in [0.2, 0.25) is 0 Å². The van der Waals surface area contributed by atoms with Crippen LogP contribution in [0.25, 0.3) is 10.2 Å². The lowest BCUT2D eigenvalue weighted by molar-refractivity contribution is -0.856. The number of nitrogens with one attached hydrogen (secondary N) is 1. The number of methoxy groups -OCH3 is 1. The predicted octanol–water partition coefficient (Wildman–Crippen LogP) is 2.51. The lowest BCUT2D eigenvalue weighted by atomic mass is 10.3. The topological polar surface area (TPSA) is 56.1 Å². The molecule has 0 unspecified atom stereocenters. The first-order valence-electron chi connectivity index (χ1n) is 8.90. The van der Waals surface area contributed by atoms with E-state index in [2.05, 4.69) is 4.98 Å². The summed E-state index contributed by atoms with van der Waals surface area (Å²) in [6.45, 7) is 1.24. The maximum Gasteiger partial charge on any atom is 0.266 e. The van der Waals surface area contributed by atoms with E-state index in [1.807, 2.05) is 44.4 Å². The van der Waals surface area contributed by atoms with E-state index in [-0.39, 0.29) is 12.5 Å². The van der Waals surface area contributed by atoms with E-state index in [1.54, 1.807) is 24.1 Å². The van der Waals surface area contributed by atoms with E-state index >= 15 is 0 Å². The molecule has 0 spiro atoms. The molecular formula is C20H23ClN3O3S+. The second-order valence-electron chi connectivity index (χ2n) is 6.53. The van der Waals surface area contributed by atoms with Gasteiger partial charge in [-0.15, -0.1) is 0 Å². The van der Waals surface area contributed by atoms with Crippen LogP contribution in [0.1, 0.15) is 0 Å². The molecule has 0 aliphatic heterocycles. The highest BCUT2D eigenvalue weighted by molar-refractivity contribution is 7.23. The van der Waals surface area contributed by atoms with Crippen LogP contribution in [0.2, 0.25) is 5.02 Å². The number of hydrogen-bond acceptors (Lipinski definition) is 5. The van der Waals surface area contributed by atoms with Crippen LogP contribution in [0.4, 0.5) is 5.13 Å². The van der Waals surface area contributed by atoms with Gasteiger partial charge in [-0.1, -0.05) is 41.1 Å². The van der Waals surface area contributed by atoms with Gasteiger partial charge < -0.3 is 14.4 Å². The third-order valence-corrected chi connectivity index (χ3v) is 5.68. The summed E-state index contributed by atoms with van der Waals surface area (Å²) in [5, 5.41) is 1.18. The number of likely N-dealkylation sites (N-methyl/N-ethyl adjacent to an activating group) is 1. The van der Waals surface area contributed by atoms with E-state index < -0.39 is 0 Å². The lowest BCUT2D eigenvalue weighted by Gasteiger charge is -2.20. The number of anilines is 1. The van der Waals surface area contributed by atoms with Crippen LogP contribution in [0, 0.1) is 0 Å². The Morgan fingerprint density at radius 2 is 1.96 bits per heavy atom. The molecule has 0 aliphatic carbocycles. The van der Waals surface area contributed by atoms with Crippen LogP contribution < -0.4 is 19.3 Å². The molecule has 0 radical (unpaired) electrons. The van der Waals surface area contributed by atoms with E-state index in [4.69, 9.17) is 21.1 Å². The Kier molecular flexibility index (Phi) is 6.72. The molecule has 148 valence electrons. The molecule has 0 bridgehead atoms. The van der Waals surface area contributed by atoms with E-state index in [9.17, 15) is 4.79 Å². The van der Waals surface area contributed by atoms with Gasteiger partial charge in [0, 0.05) is 0 Å². The van der Waals surface area contributed by atoms with Crippen LogP contribution in [-0.2, 0) is 4.79 Å². The number of rotatable bonds is 8. The van der Waals surface area contributed by atoms with E-state index in [1.165, 1.54) is 16.2 Å². The fraction of sp³-hybridized carbons (Fsp3) is 0.300. The zero-order chi connectivity index (χ0) is 20.1. The van der Waals surface area contributed by atoms with Crippen LogP contribution in [-0.4, -0.2) is 51.8 Å². The number of amides is 1. The minimum Gasteiger partial charge on any atom is -0.494 e. The summed E-state index contributed by atoms with van der Waals surface area (Å²) in [5.74, 6) is 1.13. The number of aromatic nitrogens is 1. The number of carbonyl (C=O) groups is 1. The maximum atomic E-state index is 12.9. The van der Waals surface area contributed by atoms with Crippen molar-refractivity contribution in [2.75, 3.05) is 45.8 Å². The zero-order valence-corrected chi connectivity index (χ0v) is 17.6. The average Bonchev–Trinajstić information content (AvgIpc) is 3.13. The molecule has 2 aromatic carbocycles. The van der Waals surface area contributed by atoms with Gasteiger partial charge in [-0.3, -0.25) is 9.69 Å². The molecule has 0 saturated carbocycles. The summed E-state index contributed by atoms with van der Waals surface area (Å²) in [5.41, 5.74) is 0.661. The summed E-state index contributed by atoms with van der Waals surface area (Å²) >= 11 is 7.72. The zero-order valence-electron chi connectivity index (χ0n) is 16.1. The summed E-state index contributed by atoms with van der Waals surface area (Å²) in [4.78, 5) is 20.5. The molecule has 0 saturated heterocycles. The van der Waals surface area contributed by atoms with Crippen molar-refractivity contribution >= 4 is 44.2 Å². The molecule has 1 N–H and O–H groups in total. The molecule has 1 heterocycles. The smallest absolute Gasteiger partial charge is 0.266 e. The van der Waals surface area contributed by atoms with Crippen molar-refractivity contribution in [2.45, 2.75) is 0 Å². The Morgan fingerprint density at radius 3 is 2.64 bits per heavy atom. The van der Waals surface area contributed by atoms with Gasteiger partial charge in [0.15, 0.2) is 11.7 Å². The van der Waals surface area contributed by atoms with Crippen LogP contribution in [0.5, 0.6) is 11.5 Å². The van der Waals surface area contributed by atoms with Gasteiger partial charge in [-0.2, -0.15) is 0 Å². The molecule has 28 heavy (non-hydrogen) atoms. The monoisotopic (exact) mass is 420 g/mol. The van der Waals surface area contributed by atoms with Crippen molar-refractivity contribution < 1.29 is 19.2 Å². The Labute approximate surface area is 173 Å². The van der Waals surface area contributed by atoms with Gasteiger partial charge >= 0.3 is 0 Å². The quantitative estimate of drug-likeness (QED) is 0.608. The number of fused-ring (bicyclic) bond motifs is 1. The average molecular weight is 421 g/mol. The highest BCUT2D eigenvalue weighted by Gasteiger charge is 2.23. The highest BCUT2D eigenvalue weighted by Crippen LogP contribution is 2.38. The molecular weight excluding hydrogens is 398 g/mol. The highest BCUT2D eigenvalue weighted by atomic mass is 35.5. The number of ether oxygens (including phenoxy) is 2. The molecule has 0 fully saturated rings. The van der Waals surface area contributed by atoms with Crippen LogP contribution in [0.3, 0.4) is 0 Å². The Hall–Kier alpha value is -2.35. The SMILES string of the molecule is COc1ccc(Cl)c2sc(N(CC[NH+](C)C)C(=O)COc3ccccc3)nc12. The van der Waals surface area contributed by atoms with E-state index in [0.29, 0.717) is 33.7 Å². The molecule has 1 amide bonds. The van der Waals surface area contributed by atoms with Crippen molar-refractivity contribution in [2.24, 2.45) is 0 Å². The third-order valence-electron chi connectivity index (χ3n) is 4.14. The van der Waals surface area contributed by atoms with Crippen LogP contribution in [0.15, 0.2) is 42.5 Å². The van der Waals surface area contributed by atoms with Crippen molar-refractivity contribution in [3.8, 4) is 11.5 Å². The molecule has 3 aromatic rings. The maximum absolute atomic E-state index is 12.9. The van der Waals surface area contributed by atoms with Gasteiger partial charge in [-0.25, -0.2) is 4.98 Å². The van der Waals surface area contributed by atoms with Crippen LogP contribution >= 0.6 is 22.9 Å². The largest absolute Gasteiger partial charge is 0.494 e. The summed E-state index contributed by atoms with van der Waals surface area (Å²) in [6, 6.07) is 12.8. The summed E-state index contributed by atoms with van der Waals surface area (Å²) < 4.78 is 11.8. The van der Waals surface area contributed by atoms with Gasteiger partial charge in [0.25, 0.3) is 5.91 Å². The fourth-order valence-electron chi connectivity index (χ4n) is 2.62. The van der Waals surface area contributed by atoms with Gasteiger partial charge in [0.1, 0.15) is 17.0 Å². The van der Waals surface area contributed by atoms with Gasteiger partial charge in [0.05, 0.1) is 44.0 Å². The summed E-state index contributed by atoms with van der Waals surface area (Å²) in [6.07, 6.45) is 0. The number of thiazole rings is 1. The van der Waals surface area contributed by atoms with Crippen molar-refractivity contribution in [3.05, 3.63) is 47.5 Å². The number of quaternary nitrogens is 1. The second kappa shape index (κ2) is 9.23. The number of para-hydroxylation sites is 1. The first-order chi connectivity index (χ1) is 13.5. The minimum atomic E-state index is -0.153. The molecule has 1 aromatic heterocycles. The Balaban J connectivity index is 1.87. The first kappa shape index (κ1) is 20.4. The fourth-order valence-corrected chi connectivity index (χ4v) is 3.92. The summed E-state index contributed by atoms with van der Waals surface area (Å²) in [7, 11) is 5.68. The first-order valence-corrected chi connectivity index (χ1v) is 10.1. The normalized spacial score (nSPS) is 11.0. The molecule has 6 nitrogen and oxygen atoms in total. The Morgan fingerprint density at radius 1 is 1.21 bits per heavy atom. The number of halogens is 1. The molecule has 3 rings (SSSR count). The second-order valence-corrected chi connectivity index (χ2v) is 7.91. The third kappa shape index (κ3) is 4.73.